The van der Waals surface area contributed by atoms with Gasteiger partial charge in [-0.25, -0.2) is 0 Å². The minimum Gasteiger partial charge on any atom is -0.378 e. The molecule has 1 saturated heterocycles. The zero-order chi connectivity index (χ0) is 17.4. The number of ether oxygens (including phenoxy) is 1. The molecule has 2 amide bonds. The van der Waals surface area contributed by atoms with E-state index in [1.807, 2.05) is 30.3 Å². The van der Waals surface area contributed by atoms with E-state index < -0.39 is 6.04 Å². The number of carbonyl (C=O) groups is 2. The van der Waals surface area contributed by atoms with Crippen LogP contribution in [-0.4, -0.2) is 49.1 Å². The van der Waals surface area contributed by atoms with Gasteiger partial charge in [0.2, 0.25) is 11.8 Å². The lowest BCUT2D eigenvalue weighted by Gasteiger charge is -2.31. The minimum absolute atomic E-state index is 0.0139. The summed E-state index contributed by atoms with van der Waals surface area (Å²) in [6.45, 7) is 6.48. The lowest BCUT2D eigenvalue weighted by molar-refractivity contribution is -0.140. The summed E-state index contributed by atoms with van der Waals surface area (Å²) >= 11 is 0. The van der Waals surface area contributed by atoms with Crippen molar-refractivity contribution < 1.29 is 14.3 Å². The van der Waals surface area contributed by atoms with Gasteiger partial charge in [0.15, 0.2) is 0 Å². The molecule has 0 aliphatic carbocycles. The highest BCUT2D eigenvalue weighted by Gasteiger charge is 2.27. The summed E-state index contributed by atoms with van der Waals surface area (Å²) in [4.78, 5) is 26.8. The Morgan fingerprint density at radius 3 is 2.46 bits per heavy atom. The van der Waals surface area contributed by atoms with Gasteiger partial charge in [-0.2, -0.15) is 0 Å². The van der Waals surface area contributed by atoms with Gasteiger partial charge in [-0.1, -0.05) is 44.2 Å². The highest BCUT2D eigenvalue weighted by Crippen LogP contribution is 2.11. The minimum atomic E-state index is -0.439. The summed E-state index contributed by atoms with van der Waals surface area (Å²) in [5, 5.41) is 2.94. The molecule has 0 saturated carbocycles. The molecule has 5 nitrogen and oxygen atoms in total. The molecule has 5 heteroatoms. The second-order valence-corrected chi connectivity index (χ2v) is 6.67. The Hall–Kier alpha value is -1.88. The fourth-order valence-electron chi connectivity index (χ4n) is 2.87. The Labute approximate surface area is 144 Å². The lowest BCUT2D eigenvalue weighted by atomic mass is 10.0. The summed E-state index contributed by atoms with van der Waals surface area (Å²) in [5.41, 5.74) is 1.13. The Morgan fingerprint density at radius 1 is 1.17 bits per heavy atom. The molecule has 1 aromatic carbocycles. The van der Waals surface area contributed by atoms with Crippen molar-refractivity contribution in [3.8, 4) is 0 Å². The number of morpholine rings is 1. The first kappa shape index (κ1) is 18.5. The third-order valence-corrected chi connectivity index (χ3v) is 4.15. The SMILES string of the molecule is CC(C)C[C@@H](NC(=O)CCc1ccccc1)C(=O)N1CCOCC1. The molecule has 1 aliphatic rings. The summed E-state index contributed by atoms with van der Waals surface area (Å²) in [5.74, 6) is 0.292. The number of hydrogen-bond donors (Lipinski definition) is 1. The van der Waals surface area contributed by atoms with Crippen LogP contribution in [0.2, 0.25) is 0 Å². The summed E-state index contributed by atoms with van der Waals surface area (Å²) in [6.07, 6.45) is 1.75. The molecule has 0 aromatic heterocycles. The van der Waals surface area contributed by atoms with Crippen LogP contribution in [0.3, 0.4) is 0 Å². The van der Waals surface area contributed by atoms with Crippen LogP contribution >= 0.6 is 0 Å². The second-order valence-electron chi connectivity index (χ2n) is 6.67. The Morgan fingerprint density at radius 2 is 1.83 bits per heavy atom. The largest absolute Gasteiger partial charge is 0.378 e. The van der Waals surface area contributed by atoms with Crippen LogP contribution in [0, 0.1) is 5.92 Å². The summed E-state index contributed by atoms with van der Waals surface area (Å²) < 4.78 is 5.30. The fraction of sp³-hybridized carbons (Fsp3) is 0.579. The van der Waals surface area contributed by atoms with E-state index in [0.29, 0.717) is 51.5 Å². The van der Waals surface area contributed by atoms with Crippen molar-refractivity contribution >= 4 is 11.8 Å². The van der Waals surface area contributed by atoms with Gasteiger partial charge in [0, 0.05) is 19.5 Å². The predicted molar refractivity (Wildman–Crippen MR) is 93.5 cm³/mol. The molecular weight excluding hydrogens is 304 g/mol. The number of benzene rings is 1. The summed E-state index contributed by atoms with van der Waals surface area (Å²) in [7, 11) is 0. The van der Waals surface area contributed by atoms with E-state index in [2.05, 4.69) is 19.2 Å². The number of amides is 2. The van der Waals surface area contributed by atoms with E-state index in [9.17, 15) is 9.59 Å². The third-order valence-electron chi connectivity index (χ3n) is 4.15. The maximum atomic E-state index is 12.7. The molecule has 0 spiro atoms. The smallest absolute Gasteiger partial charge is 0.245 e. The first-order chi connectivity index (χ1) is 11.6. The van der Waals surface area contributed by atoms with Crippen LogP contribution in [0.5, 0.6) is 0 Å². The van der Waals surface area contributed by atoms with Gasteiger partial charge in [0.25, 0.3) is 0 Å². The van der Waals surface area contributed by atoms with Gasteiger partial charge in [-0.3, -0.25) is 9.59 Å². The van der Waals surface area contributed by atoms with Crippen LogP contribution in [0.1, 0.15) is 32.3 Å². The second kappa shape index (κ2) is 9.42. The highest BCUT2D eigenvalue weighted by atomic mass is 16.5. The van der Waals surface area contributed by atoms with Crippen LogP contribution in [0.4, 0.5) is 0 Å². The van der Waals surface area contributed by atoms with Crippen LogP contribution in [0.25, 0.3) is 0 Å². The van der Waals surface area contributed by atoms with E-state index in [1.54, 1.807) is 4.90 Å². The van der Waals surface area contributed by atoms with Crippen LogP contribution in [-0.2, 0) is 20.7 Å². The maximum Gasteiger partial charge on any atom is 0.245 e. The standard InChI is InChI=1S/C19H28N2O3/c1-15(2)14-17(19(23)21-10-12-24-13-11-21)20-18(22)9-8-16-6-4-3-5-7-16/h3-7,15,17H,8-14H2,1-2H3,(H,20,22)/t17-/m1/s1. The summed E-state index contributed by atoms with van der Waals surface area (Å²) in [6, 6.07) is 9.48. The molecule has 0 bridgehead atoms. The van der Waals surface area contributed by atoms with Gasteiger partial charge in [0.1, 0.15) is 6.04 Å². The van der Waals surface area contributed by atoms with Crippen LogP contribution < -0.4 is 5.32 Å². The number of carbonyl (C=O) groups excluding carboxylic acids is 2. The molecule has 0 radical (unpaired) electrons. The van der Waals surface area contributed by atoms with Gasteiger partial charge < -0.3 is 15.0 Å². The van der Waals surface area contributed by atoms with Crippen molar-refractivity contribution in [3.05, 3.63) is 35.9 Å². The highest BCUT2D eigenvalue weighted by molar-refractivity contribution is 5.87. The number of hydrogen-bond acceptors (Lipinski definition) is 3. The molecule has 1 aromatic rings. The first-order valence-corrected chi connectivity index (χ1v) is 8.76. The third kappa shape index (κ3) is 5.96. The van der Waals surface area contributed by atoms with E-state index >= 15 is 0 Å². The predicted octanol–water partition coefficient (Wildman–Crippen LogP) is 2.01. The number of nitrogens with one attached hydrogen (secondary N) is 1. The Bertz CT molecular complexity index is 525. The van der Waals surface area contributed by atoms with E-state index in [1.165, 1.54) is 0 Å². The molecule has 1 heterocycles. The molecule has 24 heavy (non-hydrogen) atoms. The maximum absolute atomic E-state index is 12.7. The average molecular weight is 332 g/mol. The molecule has 1 aliphatic heterocycles. The van der Waals surface area contributed by atoms with Crippen molar-refractivity contribution in [2.75, 3.05) is 26.3 Å². The monoisotopic (exact) mass is 332 g/mol. The van der Waals surface area contributed by atoms with Crippen molar-refractivity contribution in [1.29, 1.82) is 0 Å². The van der Waals surface area contributed by atoms with Gasteiger partial charge in [-0.05, 0) is 24.3 Å². The lowest BCUT2D eigenvalue weighted by Crippen LogP contribution is -2.52. The van der Waals surface area contributed by atoms with E-state index in [-0.39, 0.29) is 11.8 Å². The molecule has 132 valence electrons. The molecule has 1 atom stereocenters. The quantitative estimate of drug-likeness (QED) is 0.831. The normalized spacial score (nSPS) is 16.0. The number of nitrogens with zero attached hydrogens (tertiary/aromatic N) is 1. The molecule has 1 fully saturated rings. The zero-order valence-corrected chi connectivity index (χ0v) is 14.7. The van der Waals surface area contributed by atoms with Crippen molar-refractivity contribution in [2.45, 2.75) is 39.2 Å². The first-order valence-electron chi connectivity index (χ1n) is 8.76. The number of aryl methyl sites for hydroxylation is 1. The molecule has 1 N–H and O–H groups in total. The van der Waals surface area contributed by atoms with E-state index in [4.69, 9.17) is 4.74 Å². The van der Waals surface area contributed by atoms with Crippen molar-refractivity contribution in [2.24, 2.45) is 5.92 Å². The van der Waals surface area contributed by atoms with Gasteiger partial charge in [0.05, 0.1) is 13.2 Å². The molecule has 2 rings (SSSR count). The van der Waals surface area contributed by atoms with Gasteiger partial charge >= 0.3 is 0 Å². The van der Waals surface area contributed by atoms with E-state index in [0.717, 1.165) is 5.56 Å². The molecular formula is C19H28N2O3. The molecule has 0 unspecified atom stereocenters. The average Bonchev–Trinajstić information content (AvgIpc) is 2.60. The Balaban J connectivity index is 1.89. The zero-order valence-electron chi connectivity index (χ0n) is 14.7. The van der Waals surface area contributed by atoms with Crippen molar-refractivity contribution in [1.82, 2.24) is 10.2 Å². The number of rotatable bonds is 7. The Kier molecular flexibility index (Phi) is 7.25. The fourth-order valence-corrected chi connectivity index (χ4v) is 2.87. The van der Waals surface area contributed by atoms with Crippen LogP contribution in [0.15, 0.2) is 30.3 Å². The van der Waals surface area contributed by atoms with Gasteiger partial charge in [-0.15, -0.1) is 0 Å². The topological polar surface area (TPSA) is 58.6 Å². The van der Waals surface area contributed by atoms with Crippen molar-refractivity contribution in [3.63, 3.8) is 0 Å².